The van der Waals surface area contributed by atoms with Gasteiger partial charge in [-0.25, -0.2) is 4.98 Å². The Labute approximate surface area is 529 Å². The van der Waals surface area contributed by atoms with E-state index in [-0.39, 0.29) is 22.3 Å². The second-order valence-electron chi connectivity index (χ2n) is 19.8. The van der Waals surface area contributed by atoms with Gasteiger partial charge in [-0.1, -0.05) is 56.1 Å². The van der Waals surface area contributed by atoms with Crippen LogP contribution in [0.25, 0.3) is 25.7 Å². The maximum atomic E-state index is 12.5. The number of aromatic nitrogens is 3. The van der Waals surface area contributed by atoms with Crippen LogP contribution in [0.3, 0.4) is 0 Å². The van der Waals surface area contributed by atoms with Gasteiger partial charge in [0.2, 0.25) is 5.95 Å². The number of methoxy groups -OCH3 is 2. The highest BCUT2D eigenvalue weighted by Gasteiger charge is 2.25. The van der Waals surface area contributed by atoms with Gasteiger partial charge in [0, 0.05) is 83.1 Å². The van der Waals surface area contributed by atoms with Crippen molar-refractivity contribution >= 4 is 130 Å². The normalized spacial score (nSPS) is 12.2. The third-order valence-electron chi connectivity index (χ3n) is 13.9. The molecule has 6 N–H and O–H groups in total. The van der Waals surface area contributed by atoms with E-state index in [1.165, 1.54) is 11.3 Å². The Bertz CT molecular complexity index is 4030. The van der Waals surface area contributed by atoms with Crippen LogP contribution < -0.4 is 36.0 Å². The molecule has 0 bridgehead atoms. The van der Waals surface area contributed by atoms with Crippen LogP contribution in [0.4, 0.5) is 46.0 Å². The lowest BCUT2D eigenvalue weighted by molar-refractivity contribution is 0.278. The molecule has 462 valence electrons. The smallest absolute Gasteiger partial charge is 0.296 e. The van der Waals surface area contributed by atoms with Crippen LogP contribution in [0.1, 0.15) is 63.3 Å². The summed E-state index contributed by atoms with van der Waals surface area (Å²) < 4.78 is 82.3. The minimum atomic E-state index is -4.52. The molecular formula is C61H74N12O8S6. The number of nitrogens with one attached hydrogen (secondary N) is 4. The summed E-state index contributed by atoms with van der Waals surface area (Å²) in [5, 5.41) is 22.2. The molecule has 2 aromatic heterocycles. The van der Waals surface area contributed by atoms with Crippen molar-refractivity contribution in [1.82, 2.24) is 25.3 Å². The Morgan fingerprint density at radius 2 is 1.43 bits per heavy atom. The fraction of sp³-hybridized carbons (Fsp3) is 0.295. The number of azo groups is 1. The van der Waals surface area contributed by atoms with E-state index in [1.807, 2.05) is 48.5 Å². The maximum absolute atomic E-state index is 12.5. The van der Waals surface area contributed by atoms with Crippen molar-refractivity contribution < 1.29 is 35.4 Å². The molecule has 2 heterocycles. The summed E-state index contributed by atoms with van der Waals surface area (Å²) in [6.45, 7) is 27.3. The van der Waals surface area contributed by atoms with Gasteiger partial charge in [-0.2, -0.15) is 26.8 Å². The summed E-state index contributed by atoms with van der Waals surface area (Å²) in [6, 6.07) is 23.3. The summed E-state index contributed by atoms with van der Waals surface area (Å²) in [6.07, 6.45) is 4.49. The number of thiol groups is 2. The molecule has 0 atom stereocenters. The van der Waals surface area contributed by atoms with Gasteiger partial charge in [-0.05, 0) is 126 Å². The predicted octanol–water partition coefficient (Wildman–Crippen LogP) is 14.7. The van der Waals surface area contributed by atoms with E-state index in [0.29, 0.717) is 147 Å². The van der Waals surface area contributed by atoms with Gasteiger partial charge >= 0.3 is 0 Å². The molecule has 0 fully saturated rings. The monoisotopic (exact) mass is 1290 g/mol. The molecule has 26 heteroatoms. The zero-order valence-corrected chi connectivity index (χ0v) is 55.5. The Morgan fingerprint density at radius 3 is 2.03 bits per heavy atom. The number of anilines is 6. The molecule has 87 heavy (non-hydrogen) atoms. The molecule has 0 radical (unpaired) electrons. The summed E-state index contributed by atoms with van der Waals surface area (Å²) in [5.74, 6) is 2.37. The molecular weight excluding hydrogens is 1220 g/mol. The van der Waals surface area contributed by atoms with Crippen molar-refractivity contribution in [3.63, 3.8) is 0 Å². The molecule has 0 spiro atoms. The minimum Gasteiger partial charge on any atom is -0.495 e. The number of allylic oxidation sites excluding steroid dienone is 2. The molecule has 0 aliphatic rings. The van der Waals surface area contributed by atoms with E-state index in [2.05, 4.69) is 84.1 Å². The molecule has 20 nitrogen and oxygen atoms in total. The third kappa shape index (κ3) is 16.3. The minimum absolute atomic E-state index is 0.155. The standard InChI is InChI=1S/C61H74N12O8S6/c1-14-28-62-54-34-55(63-35-42(31-50(80-12)47(15-2)72(16-3)17-4)70-71(11)48-27-24-41(30-53(48)83)60-64-44-25-22-38(9)59(57(44)85-60)87(77,78)79)67-61(66-54)65-45-32-49(73(18-5)19-6)51(81-13)33-46(45)69-68-43-26-23-40(29-52(43)82)39(10)84-56-36(7)20-21-37(8)58(56)86(74,75)76/h15,20-27,29-34,70,82-83H,2,10,14,16-19,28,35H2,1,3-9,11-13H3,(H,74,75,76)(H,77,78,79)(H3,62,63,65,66,67)/b42-31+,50-47-,69-68?. The van der Waals surface area contributed by atoms with Crippen molar-refractivity contribution in [3.05, 3.63) is 144 Å². The quantitative estimate of drug-likeness (QED) is 0.00413. The lowest BCUT2D eigenvalue weighted by Crippen LogP contribution is -2.36. The van der Waals surface area contributed by atoms with Crippen molar-refractivity contribution in [2.45, 2.75) is 86.3 Å². The number of hydrogen-bond acceptors (Lipinski definition) is 22. The number of likely N-dealkylation sites (N-methyl/N-ethyl adjacent to an activating group) is 1. The van der Waals surface area contributed by atoms with Gasteiger partial charge in [0.25, 0.3) is 20.2 Å². The molecule has 0 unspecified atom stereocenters. The van der Waals surface area contributed by atoms with Crippen molar-refractivity contribution in [2.75, 3.05) is 86.4 Å². The van der Waals surface area contributed by atoms with E-state index in [1.54, 1.807) is 89.6 Å². The predicted molar refractivity (Wildman–Crippen MR) is 361 cm³/mol. The number of ether oxygens (including phenoxy) is 2. The third-order valence-corrected chi connectivity index (χ3v) is 19.3. The van der Waals surface area contributed by atoms with E-state index >= 15 is 0 Å². The average Bonchev–Trinajstić information content (AvgIpc) is 1.96. The molecule has 7 rings (SSSR count). The zero-order chi connectivity index (χ0) is 63.5. The van der Waals surface area contributed by atoms with E-state index in [4.69, 9.17) is 54.8 Å². The summed E-state index contributed by atoms with van der Waals surface area (Å²) in [7, 11) is -3.96. The van der Waals surface area contributed by atoms with Gasteiger partial charge in [0.05, 0.1) is 65.1 Å². The SMILES string of the molecule is C=C/C(=C(\C=C(/CNc1cc(NCCC)nc(Nc2cc(N(CC)CC)c(OC)cc2N=Nc2ccc(C(=C)Sc3c(C)ccc(C)c3S(=O)(=O)O)cc2S)n1)NN(C)c1ccc(-c2nc3ccc(C)c(S(=O)(=O)O)c3s2)cc1S)OC)N(CC)CC. The lowest BCUT2D eigenvalue weighted by atomic mass is 10.2. The molecule has 5 aromatic carbocycles. The van der Waals surface area contributed by atoms with E-state index in [9.17, 15) is 25.9 Å². The van der Waals surface area contributed by atoms with Crippen LogP contribution in [0.15, 0.2) is 156 Å². The molecule has 0 amide bonds. The maximum Gasteiger partial charge on any atom is 0.296 e. The number of benzene rings is 5. The fourth-order valence-electron chi connectivity index (χ4n) is 9.43. The lowest BCUT2D eigenvalue weighted by Gasteiger charge is -2.27. The van der Waals surface area contributed by atoms with Gasteiger partial charge in [-0.15, -0.1) is 46.8 Å². The molecule has 0 saturated carbocycles. The van der Waals surface area contributed by atoms with Crippen molar-refractivity contribution in [1.29, 1.82) is 0 Å². The van der Waals surface area contributed by atoms with Crippen LogP contribution >= 0.6 is 48.4 Å². The van der Waals surface area contributed by atoms with Gasteiger partial charge < -0.3 is 40.6 Å². The highest BCUT2D eigenvalue weighted by atomic mass is 32.2. The van der Waals surface area contributed by atoms with Crippen LogP contribution in [0.2, 0.25) is 0 Å². The number of nitrogens with zero attached hydrogens (tertiary/aromatic N) is 8. The number of hydrazine groups is 1. The number of thioether (sulfide) groups is 1. The number of rotatable bonds is 29. The number of fused-ring (bicyclic) bond motifs is 1. The molecule has 7 aromatic rings. The van der Waals surface area contributed by atoms with Crippen LogP contribution in [0, 0.1) is 20.8 Å². The fourth-order valence-corrected chi connectivity index (χ4v) is 14.6. The summed E-state index contributed by atoms with van der Waals surface area (Å²) in [5.41, 5.74) is 11.2. The van der Waals surface area contributed by atoms with E-state index in [0.717, 1.165) is 29.6 Å². The topological polar surface area (TPSA) is 248 Å². The summed E-state index contributed by atoms with van der Waals surface area (Å²) >= 11 is 12.0. The number of aryl methyl sites for hydroxylation is 3. The average molecular weight is 1300 g/mol. The first-order valence-corrected chi connectivity index (χ1v) is 33.2. The van der Waals surface area contributed by atoms with Crippen LogP contribution in [0.5, 0.6) is 5.75 Å². The first kappa shape index (κ1) is 67.2. The Hall–Kier alpha value is -7.30. The largest absolute Gasteiger partial charge is 0.495 e. The van der Waals surface area contributed by atoms with Crippen LogP contribution in [-0.4, -0.2) is 106 Å². The van der Waals surface area contributed by atoms with Gasteiger partial charge in [0.1, 0.15) is 43.6 Å². The molecule has 0 aliphatic heterocycles. The highest BCUT2D eigenvalue weighted by molar-refractivity contribution is 8.08. The van der Waals surface area contributed by atoms with E-state index < -0.39 is 20.2 Å². The summed E-state index contributed by atoms with van der Waals surface area (Å²) in [4.78, 5) is 20.6. The Morgan fingerprint density at radius 1 is 0.770 bits per heavy atom. The van der Waals surface area contributed by atoms with Gasteiger partial charge in [-0.3, -0.25) is 14.1 Å². The number of hydrogen-bond donors (Lipinski definition) is 8. The Kier molecular flexibility index (Phi) is 22.9. The second-order valence-corrected chi connectivity index (χ2v) is 25.6. The first-order chi connectivity index (χ1) is 41.4. The van der Waals surface area contributed by atoms with Crippen molar-refractivity contribution in [3.8, 4) is 16.3 Å². The zero-order valence-electron chi connectivity index (χ0n) is 50.5. The first-order valence-electron chi connectivity index (χ1n) is 27.8. The second kappa shape index (κ2) is 29.6. The molecule has 0 saturated heterocycles. The van der Waals surface area contributed by atoms with Crippen molar-refractivity contribution in [2.24, 2.45) is 10.2 Å². The molecule has 0 aliphatic carbocycles. The highest BCUT2D eigenvalue weighted by Crippen LogP contribution is 2.44. The van der Waals surface area contributed by atoms with Crippen LogP contribution in [-0.2, 0) is 25.0 Å². The van der Waals surface area contributed by atoms with Gasteiger partial charge in [0.15, 0.2) is 0 Å². The number of thiazole rings is 1. The Balaban J connectivity index is 1.23.